The van der Waals surface area contributed by atoms with Gasteiger partial charge in [0.1, 0.15) is 5.75 Å². The molecule has 0 saturated heterocycles. The molecule has 1 aliphatic rings. The van der Waals surface area contributed by atoms with E-state index in [1.165, 1.54) is 0 Å². The second-order valence-electron chi connectivity index (χ2n) is 5.44. The lowest BCUT2D eigenvalue weighted by atomic mass is 10.0. The highest BCUT2D eigenvalue weighted by molar-refractivity contribution is 6.36. The van der Waals surface area contributed by atoms with Crippen LogP contribution in [0.15, 0.2) is 42.5 Å². The van der Waals surface area contributed by atoms with Gasteiger partial charge in [0.15, 0.2) is 0 Å². The lowest BCUT2D eigenvalue weighted by Gasteiger charge is -2.09. The number of nitrogens with one attached hydrogen (secondary N) is 1. The van der Waals surface area contributed by atoms with Gasteiger partial charge in [-0.15, -0.1) is 0 Å². The van der Waals surface area contributed by atoms with Crippen LogP contribution in [0.3, 0.4) is 0 Å². The maximum absolute atomic E-state index is 12.1. The van der Waals surface area contributed by atoms with Gasteiger partial charge in [0.05, 0.1) is 6.10 Å². The Kier molecular flexibility index (Phi) is 3.90. The summed E-state index contributed by atoms with van der Waals surface area (Å²) >= 11 is 6.03. The van der Waals surface area contributed by atoms with Gasteiger partial charge in [0.2, 0.25) is 0 Å². The number of halogens is 1. The summed E-state index contributed by atoms with van der Waals surface area (Å²) in [7, 11) is 0. The minimum absolute atomic E-state index is 0.111. The first-order valence-corrected chi connectivity index (χ1v) is 7.50. The first-order chi connectivity index (χ1) is 10.5. The van der Waals surface area contributed by atoms with Crippen molar-refractivity contribution < 1.29 is 9.53 Å². The summed E-state index contributed by atoms with van der Waals surface area (Å²) < 4.78 is 5.61. The molecule has 4 heteroatoms. The van der Waals surface area contributed by atoms with Crippen molar-refractivity contribution in [2.45, 2.75) is 20.0 Å². The Hall–Kier alpha value is -2.26. The molecule has 22 heavy (non-hydrogen) atoms. The predicted octanol–water partition coefficient (Wildman–Crippen LogP) is 4.62. The summed E-state index contributed by atoms with van der Waals surface area (Å²) in [4.78, 5) is 12.1. The number of fused-ring (bicyclic) bond motifs is 1. The van der Waals surface area contributed by atoms with Crippen LogP contribution in [0.1, 0.15) is 25.0 Å². The molecule has 1 N–H and O–H groups in total. The lowest BCUT2D eigenvalue weighted by molar-refractivity contribution is -0.110. The molecule has 0 aliphatic carbocycles. The lowest BCUT2D eigenvalue weighted by Crippen LogP contribution is -2.05. The summed E-state index contributed by atoms with van der Waals surface area (Å²) in [5.74, 6) is 0.705. The minimum Gasteiger partial charge on any atom is -0.491 e. The third kappa shape index (κ3) is 3.00. The van der Waals surface area contributed by atoms with E-state index >= 15 is 0 Å². The topological polar surface area (TPSA) is 38.3 Å². The standard InChI is InChI=1S/C18H16ClNO2/c1-11(2)22-14-6-3-12(4-7-14)9-16-15-10-13(19)5-8-17(15)20-18(16)21/h3-11H,1-2H3,(H,20,21)/b16-9+. The highest BCUT2D eigenvalue weighted by Gasteiger charge is 2.24. The zero-order valence-corrected chi connectivity index (χ0v) is 13.1. The van der Waals surface area contributed by atoms with Gasteiger partial charge in [0.25, 0.3) is 5.91 Å². The van der Waals surface area contributed by atoms with Crippen molar-refractivity contribution in [3.8, 4) is 5.75 Å². The van der Waals surface area contributed by atoms with Crippen molar-refractivity contribution in [2.24, 2.45) is 0 Å². The molecular formula is C18H16ClNO2. The largest absolute Gasteiger partial charge is 0.491 e. The Morgan fingerprint density at radius 3 is 2.55 bits per heavy atom. The van der Waals surface area contributed by atoms with Crippen molar-refractivity contribution in [2.75, 3.05) is 5.32 Å². The van der Waals surface area contributed by atoms with Crippen LogP contribution in [-0.4, -0.2) is 12.0 Å². The molecule has 0 fully saturated rings. The number of ether oxygens (including phenoxy) is 1. The summed E-state index contributed by atoms with van der Waals surface area (Å²) in [5, 5.41) is 3.45. The summed E-state index contributed by atoms with van der Waals surface area (Å²) in [6, 6.07) is 13.0. The Morgan fingerprint density at radius 1 is 1.14 bits per heavy atom. The normalized spacial score (nSPS) is 15.1. The van der Waals surface area contributed by atoms with E-state index in [-0.39, 0.29) is 12.0 Å². The summed E-state index contributed by atoms with van der Waals surface area (Å²) in [6.45, 7) is 3.97. The number of benzene rings is 2. The molecular weight excluding hydrogens is 298 g/mol. The van der Waals surface area contributed by atoms with E-state index in [1.807, 2.05) is 50.3 Å². The van der Waals surface area contributed by atoms with E-state index in [1.54, 1.807) is 12.1 Å². The molecule has 2 aromatic carbocycles. The fraction of sp³-hybridized carbons (Fsp3) is 0.167. The van der Waals surface area contributed by atoms with E-state index in [2.05, 4.69) is 5.32 Å². The second kappa shape index (κ2) is 5.85. The van der Waals surface area contributed by atoms with Crippen LogP contribution in [0, 0.1) is 0 Å². The van der Waals surface area contributed by atoms with Gasteiger partial charge in [-0.1, -0.05) is 23.7 Å². The highest BCUT2D eigenvalue weighted by atomic mass is 35.5. The second-order valence-corrected chi connectivity index (χ2v) is 5.87. The quantitative estimate of drug-likeness (QED) is 0.840. The molecule has 1 amide bonds. The molecule has 0 radical (unpaired) electrons. The molecule has 0 bridgehead atoms. The van der Waals surface area contributed by atoms with Crippen LogP contribution in [0.25, 0.3) is 11.6 Å². The van der Waals surface area contributed by atoms with Crippen molar-refractivity contribution in [3.05, 3.63) is 58.6 Å². The Morgan fingerprint density at radius 2 is 1.86 bits per heavy atom. The number of carbonyl (C=O) groups is 1. The van der Waals surface area contributed by atoms with Gasteiger partial charge in [-0.3, -0.25) is 4.79 Å². The predicted molar refractivity (Wildman–Crippen MR) is 90.2 cm³/mol. The van der Waals surface area contributed by atoms with E-state index < -0.39 is 0 Å². The first kappa shape index (κ1) is 14.7. The van der Waals surface area contributed by atoms with Crippen LogP contribution >= 0.6 is 11.6 Å². The molecule has 2 aromatic rings. The molecule has 1 aliphatic heterocycles. The van der Waals surface area contributed by atoms with Crippen molar-refractivity contribution in [1.82, 2.24) is 0 Å². The molecule has 112 valence electrons. The molecule has 3 nitrogen and oxygen atoms in total. The van der Waals surface area contributed by atoms with Crippen LogP contribution in [-0.2, 0) is 4.79 Å². The molecule has 3 rings (SSSR count). The molecule has 0 unspecified atom stereocenters. The average Bonchev–Trinajstić information content (AvgIpc) is 2.76. The third-order valence-corrected chi connectivity index (χ3v) is 3.56. The van der Waals surface area contributed by atoms with Crippen LogP contribution in [0.2, 0.25) is 5.02 Å². The van der Waals surface area contributed by atoms with E-state index in [0.29, 0.717) is 10.6 Å². The van der Waals surface area contributed by atoms with Crippen LogP contribution in [0.5, 0.6) is 5.75 Å². The molecule has 0 atom stereocenters. The average molecular weight is 314 g/mol. The molecule has 1 heterocycles. The maximum atomic E-state index is 12.1. The third-order valence-electron chi connectivity index (χ3n) is 3.33. The fourth-order valence-corrected chi connectivity index (χ4v) is 2.56. The van der Waals surface area contributed by atoms with Crippen molar-refractivity contribution in [3.63, 3.8) is 0 Å². The number of anilines is 1. The number of amides is 1. The van der Waals surface area contributed by atoms with Crippen LogP contribution < -0.4 is 10.1 Å². The van der Waals surface area contributed by atoms with Gasteiger partial charge in [-0.05, 0) is 55.8 Å². The number of rotatable bonds is 3. The smallest absolute Gasteiger partial charge is 0.256 e. The fourth-order valence-electron chi connectivity index (χ4n) is 2.39. The zero-order valence-electron chi connectivity index (χ0n) is 12.4. The number of carbonyl (C=O) groups excluding carboxylic acids is 1. The van der Waals surface area contributed by atoms with Crippen molar-refractivity contribution >= 4 is 34.8 Å². The SMILES string of the molecule is CC(C)Oc1ccc(/C=C2/C(=O)Nc3ccc(Cl)cc32)cc1. The van der Waals surface area contributed by atoms with E-state index in [9.17, 15) is 4.79 Å². The van der Waals surface area contributed by atoms with E-state index in [4.69, 9.17) is 16.3 Å². The van der Waals surface area contributed by atoms with Gasteiger partial charge >= 0.3 is 0 Å². The van der Waals surface area contributed by atoms with Crippen molar-refractivity contribution in [1.29, 1.82) is 0 Å². The monoisotopic (exact) mass is 313 g/mol. The molecule has 0 spiro atoms. The Labute approximate surface area is 134 Å². The highest BCUT2D eigenvalue weighted by Crippen LogP contribution is 2.35. The summed E-state index contributed by atoms with van der Waals surface area (Å²) in [5.41, 5.74) is 3.18. The number of hydrogen-bond acceptors (Lipinski definition) is 2. The van der Waals surface area contributed by atoms with Crippen LogP contribution in [0.4, 0.5) is 5.69 Å². The summed E-state index contributed by atoms with van der Waals surface area (Å²) in [6.07, 6.45) is 2.00. The molecule has 0 saturated carbocycles. The Balaban J connectivity index is 1.92. The number of hydrogen-bond donors (Lipinski definition) is 1. The minimum atomic E-state index is -0.111. The molecule has 0 aromatic heterocycles. The first-order valence-electron chi connectivity index (χ1n) is 7.12. The maximum Gasteiger partial charge on any atom is 0.256 e. The van der Waals surface area contributed by atoms with Gasteiger partial charge in [0, 0.05) is 21.8 Å². The zero-order chi connectivity index (χ0) is 15.7. The Bertz CT molecular complexity index is 748. The van der Waals surface area contributed by atoms with E-state index in [0.717, 1.165) is 22.6 Å². The van der Waals surface area contributed by atoms with Gasteiger partial charge in [-0.2, -0.15) is 0 Å². The van der Waals surface area contributed by atoms with Gasteiger partial charge < -0.3 is 10.1 Å². The van der Waals surface area contributed by atoms with Gasteiger partial charge in [-0.25, -0.2) is 0 Å².